The minimum atomic E-state index is -0.276. The number of rotatable bonds is 2. The monoisotopic (exact) mass is 348 g/mol. The van der Waals surface area contributed by atoms with Crippen LogP contribution in [-0.4, -0.2) is 12.6 Å². The van der Waals surface area contributed by atoms with Gasteiger partial charge in [-0.3, -0.25) is 0 Å². The van der Waals surface area contributed by atoms with Gasteiger partial charge in [-0.15, -0.1) is 0 Å². The SMILES string of the molecule is CCOC(=O)c1cc[c-]cc1.[Li+].[Zn+][IH+]. The van der Waals surface area contributed by atoms with Gasteiger partial charge in [0, 0.05) is 0 Å². The summed E-state index contributed by atoms with van der Waals surface area (Å²) in [5, 5.41) is 0. The Hall–Kier alpha value is 0.641. The molecule has 0 atom stereocenters. The number of hydrogen-bond donors (Lipinski definition) is 0. The van der Waals surface area contributed by atoms with Gasteiger partial charge in [0.05, 0.1) is 6.61 Å². The maximum atomic E-state index is 11.0. The summed E-state index contributed by atoms with van der Waals surface area (Å²) in [6, 6.07) is 9.55. The van der Waals surface area contributed by atoms with Crippen molar-refractivity contribution in [1.29, 1.82) is 0 Å². The molecule has 5 heteroatoms. The number of ether oxygens (including phenoxy) is 1. The Morgan fingerprint density at radius 2 is 2.00 bits per heavy atom. The zero-order chi connectivity index (χ0) is 10.1. The summed E-state index contributed by atoms with van der Waals surface area (Å²) in [4.78, 5) is 11.0. The number of benzene rings is 1. The molecule has 0 aliphatic carbocycles. The second-order valence-electron chi connectivity index (χ2n) is 2.01. The van der Waals surface area contributed by atoms with Crippen LogP contribution in [0.25, 0.3) is 0 Å². The molecule has 0 spiro atoms. The third-order valence-electron chi connectivity index (χ3n) is 1.23. The van der Waals surface area contributed by atoms with Gasteiger partial charge in [0.1, 0.15) is 0 Å². The van der Waals surface area contributed by atoms with Gasteiger partial charge in [-0.25, -0.2) is 4.79 Å². The van der Waals surface area contributed by atoms with E-state index in [1.54, 1.807) is 31.2 Å². The molecular formula is C9H10ILiO2Zn+2. The summed E-state index contributed by atoms with van der Waals surface area (Å²) in [5.41, 5.74) is 0.575. The molecule has 0 bridgehead atoms. The summed E-state index contributed by atoms with van der Waals surface area (Å²) in [6.07, 6.45) is 0. The number of carbonyl (C=O) groups excluding carboxylic acids is 1. The van der Waals surface area contributed by atoms with Crippen LogP contribution in [0.1, 0.15) is 17.3 Å². The molecule has 0 N–H and O–H groups in total. The third-order valence-corrected chi connectivity index (χ3v) is 1.23. The van der Waals surface area contributed by atoms with Crippen LogP contribution in [0.4, 0.5) is 0 Å². The Bertz CT molecular complexity index is 244. The second-order valence-corrected chi connectivity index (χ2v) is 2.01. The molecule has 1 aromatic carbocycles. The Kier molecular flexibility index (Phi) is 14.3. The molecule has 66 valence electrons. The molecule has 0 aliphatic rings. The Labute approximate surface area is 117 Å². The van der Waals surface area contributed by atoms with E-state index in [2.05, 4.69) is 25.8 Å². The molecule has 0 aromatic heterocycles. The normalized spacial score (nSPS) is 7.71. The van der Waals surface area contributed by atoms with Gasteiger partial charge in [0.25, 0.3) is 0 Å². The second kappa shape index (κ2) is 11.7. The van der Waals surface area contributed by atoms with Crippen molar-refractivity contribution in [2.45, 2.75) is 6.92 Å². The molecule has 2 nitrogen and oxygen atoms in total. The van der Waals surface area contributed by atoms with E-state index in [1.165, 1.54) is 14.8 Å². The van der Waals surface area contributed by atoms with Crippen molar-refractivity contribution in [3.05, 3.63) is 35.9 Å². The van der Waals surface area contributed by atoms with E-state index in [0.717, 1.165) is 0 Å². The van der Waals surface area contributed by atoms with Gasteiger partial charge in [0.2, 0.25) is 0 Å². The van der Waals surface area contributed by atoms with Crippen molar-refractivity contribution in [3.63, 3.8) is 0 Å². The van der Waals surface area contributed by atoms with Crippen molar-refractivity contribution in [3.8, 4) is 0 Å². The van der Waals surface area contributed by atoms with E-state index in [9.17, 15) is 4.79 Å². The predicted molar refractivity (Wildman–Crippen MR) is 42.6 cm³/mol. The van der Waals surface area contributed by atoms with Crippen LogP contribution in [0.5, 0.6) is 0 Å². The van der Waals surface area contributed by atoms with Crippen molar-refractivity contribution in [2.24, 2.45) is 0 Å². The average Bonchev–Trinajstić information content (AvgIpc) is 2.23. The minimum absolute atomic E-state index is 0. The fourth-order valence-electron chi connectivity index (χ4n) is 0.737. The summed E-state index contributed by atoms with van der Waals surface area (Å²) >= 11 is 3.46. The standard InChI is InChI=1S/C9H9O2.HI.Li.Zn/c1-2-11-9(10)8-6-4-3-5-7-8;;;/h4-7H,2H2,1H3;1H;;/q-1;;+1;+2. The van der Waals surface area contributed by atoms with Crippen LogP contribution < -0.4 is 38.6 Å². The van der Waals surface area contributed by atoms with Gasteiger partial charge in [0.15, 0.2) is 0 Å². The molecular weight excluding hydrogens is 339 g/mol. The van der Waals surface area contributed by atoms with Crippen molar-refractivity contribution in [2.75, 3.05) is 6.61 Å². The molecule has 1 aromatic rings. The number of carbonyl (C=O) groups is 1. The van der Waals surface area contributed by atoms with Crippen molar-refractivity contribution in [1.82, 2.24) is 0 Å². The van der Waals surface area contributed by atoms with Crippen molar-refractivity contribution < 1.29 is 62.9 Å². The number of halogens is 1. The fraction of sp³-hybridized carbons (Fsp3) is 0.222. The average molecular weight is 349 g/mol. The first-order valence-corrected chi connectivity index (χ1v) is 13.5. The van der Waals surface area contributed by atoms with Crippen molar-refractivity contribution >= 4 is 5.97 Å². The van der Waals surface area contributed by atoms with Crippen LogP contribution in [0.3, 0.4) is 0 Å². The Morgan fingerprint density at radius 1 is 1.50 bits per heavy atom. The first-order chi connectivity index (χ1) is 6.34. The zero-order valence-electron chi connectivity index (χ0n) is 8.45. The zero-order valence-corrected chi connectivity index (χ0v) is 13.7. The molecule has 0 unspecified atom stereocenters. The molecule has 0 heterocycles. The molecule has 0 radical (unpaired) electrons. The summed E-state index contributed by atoms with van der Waals surface area (Å²) in [7, 11) is 0. The van der Waals surface area contributed by atoms with Crippen LogP contribution in [-0.2, 0) is 19.5 Å². The van der Waals surface area contributed by atoms with E-state index < -0.39 is 0 Å². The molecule has 14 heavy (non-hydrogen) atoms. The van der Waals surface area contributed by atoms with E-state index in [4.69, 9.17) is 4.74 Å². The fourth-order valence-corrected chi connectivity index (χ4v) is 0.737. The molecule has 0 fully saturated rings. The Balaban J connectivity index is 0. The maximum absolute atomic E-state index is 11.0. The van der Waals surface area contributed by atoms with E-state index in [-0.39, 0.29) is 24.8 Å². The molecule has 1 rings (SSSR count). The quantitative estimate of drug-likeness (QED) is 0.233. The van der Waals surface area contributed by atoms with Crippen LogP contribution in [0, 0.1) is 6.07 Å². The van der Waals surface area contributed by atoms with Gasteiger partial charge < -0.3 is 4.74 Å². The van der Waals surface area contributed by atoms with Gasteiger partial charge in [-0.05, 0) is 12.5 Å². The topological polar surface area (TPSA) is 26.3 Å². The first kappa shape index (κ1) is 17.0. The molecule has 0 aliphatic heterocycles. The van der Waals surface area contributed by atoms with Gasteiger partial charge in [-0.1, -0.05) is 0 Å². The number of esters is 1. The summed E-state index contributed by atoms with van der Waals surface area (Å²) in [5.74, 6) is -0.276. The van der Waals surface area contributed by atoms with E-state index >= 15 is 0 Å². The Morgan fingerprint density at radius 3 is 2.43 bits per heavy atom. The van der Waals surface area contributed by atoms with Crippen LogP contribution in [0.15, 0.2) is 24.3 Å². The first-order valence-electron chi connectivity index (χ1n) is 3.76. The van der Waals surface area contributed by atoms with Crippen LogP contribution in [0.2, 0.25) is 0 Å². The van der Waals surface area contributed by atoms with Gasteiger partial charge in [-0.2, -0.15) is 30.3 Å². The molecule has 0 saturated carbocycles. The summed E-state index contributed by atoms with van der Waals surface area (Å²) < 4.78 is 4.78. The third kappa shape index (κ3) is 7.00. The van der Waals surface area contributed by atoms with Crippen LogP contribution >= 0.6 is 0 Å². The number of hydrogen-bond acceptors (Lipinski definition) is 2. The predicted octanol–water partition coefficient (Wildman–Crippen LogP) is -4.60. The molecule has 0 amide bonds. The van der Waals surface area contributed by atoms with Gasteiger partial charge >= 0.3 is 59.4 Å². The van der Waals surface area contributed by atoms with E-state index in [1.807, 2.05) is 0 Å². The molecule has 0 saturated heterocycles. The summed E-state index contributed by atoms with van der Waals surface area (Å²) in [6.45, 7) is 2.20. The van der Waals surface area contributed by atoms with E-state index in [0.29, 0.717) is 12.2 Å².